The molecule has 2 rings (SSSR count). The number of aromatic nitrogens is 3. The van der Waals surface area contributed by atoms with Gasteiger partial charge < -0.3 is 9.88 Å². The molecule has 2 heterocycles. The summed E-state index contributed by atoms with van der Waals surface area (Å²) < 4.78 is 3.14. The summed E-state index contributed by atoms with van der Waals surface area (Å²) in [7, 11) is 0. The summed E-state index contributed by atoms with van der Waals surface area (Å²) >= 11 is 3.44. The molecule has 0 aliphatic carbocycles. The zero-order valence-electron chi connectivity index (χ0n) is 11.5. The van der Waals surface area contributed by atoms with Crippen molar-refractivity contribution in [2.45, 2.75) is 39.4 Å². The number of rotatable bonds is 4. The van der Waals surface area contributed by atoms with Crippen molar-refractivity contribution in [3.63, 3.8) is 0 Å². The Labute approximate surface area is 122 Å². The molecule has 0 aromatic carbocycles. The fourth-order valence-corrected chi connectivity index (χ4v) is 2.15. The minimum atomic E-state index is 0.0914. The second-order valence-electron chi connectivity index (χ2n) is 5.59. The average molecular weight is 323 g/mol. The van der Waals surface area contributed by atoms with Crippen molar-refractivity contribution < 1.29 is 0 Å². The Morgan fingerprint density at radius 1 is 1.32 bits per heavy atom. The summed E-state index contributed by atoms with van der Waals surface area (Å²) in [5, 5.41) is 3.45. The molecule has 0 bridgehead atoms. The molecule has 5 heteroatoms. The highest BCUT2D eigenvalue weighted by Gasteiger charge is 2.11. The second-order valence-corrected chi connectivity index (χ2v) is 6.50. The van der Waals surface area contributed by atoms with E-state index < -0.39 is 0 Å². The highest BCUT2D eigenvalue weighted by molar-refractivity contribution is 9.10. The Hall–Kier alpha value is -1.20. The van der Waals surface area contributed by atoms with Crippen molar-refractivity contribution in [1.29, 1.82) is 0 Å². The number of halogens is 1. The van der Waals surface area contributed by atoms with Gasteiger partial charge in [0.25, 0.3) is 0 Å². The van der Waals surface area contributed by atoms with E-state index in [9.17, 15) is 0 Å². The van der Waals surface area contributed by atoms with E-state index in [1.807, 2.05) is 18.6 Å². The molecule has 2 aromatic rings. The molecule has 0 saturated heterocycles. The Kier molecular flexibility index (Phi) is 4.37. The normalized spacial score (nSPS) is 11.8. The van der Waals surface area contributed by atoms with Crippen LogP contribution >= 0.6 is 15.9 Å². The number of nitrogens with zero attached hydrogens (tertiary/aromatic N) is 3. The van der Waals surface area contributed by atoms with E-state index in [0.29, 0.717) is 0 Å². The summed E-state index contributed by atoms with van der Waals surface area (Å²) in [4.78, 5) is 8.59. The van der Waals surface area contributed by atoms with Crippen LogP contribution in [0.25, 0.3) is 0 Å². The van der Waals surface area contributed by atoms with Gasteiger partial charge in [0, 0.05) is 34.8 Å². The first kappa shape index (κ1) is 14.2. The van der Waals surface area contributed by atoms with Crippen LogP contribution in [-0.4, -0.2) is 20.1 Å². The standard InChI is InChI=1S/C14H19BrN4/c1-14(2,3)18-9-13-17-4-5-19(13)10-11-6-12(15)8-16-7-11/h4-8,18H,9-10H2,1-3H3. The fraction of sp³-hybridized carbons (Fsp3) is 0.429. The smallest absolute Gasteiger partial charge is 0.122 e. The number of pyridine rings is 1. The van der Waals surface area contributed by atoms with E-state index in [4.69, 9.17) is 0 Å². The topological polar surface area (TPSA) is 42.7 Å². The van der Waals surface area contributed by atoms with Crippen molar-refractivity contribution in [3.05, 3.63) is 46.7 Å². The average Bonchev–Trinajstić information content (AvgIpc) is 2.73. The van der Waals surface area contributed by atoms with E-state index >= 15 is 0 Å². The summed E-state index contributed by atoms with van der Waals surface area (Å²) in [5.74, 6) is 1.04. The molecule has 102 valence electrons. The molecule has 0 spiro atoms. The Bertz CT molecular complexity index is 542. The van der Waals surface area contributed by atoms with Gasteiger partial charge in [-0.1, -0.05) is 0 Å². The van der Waals surface area contributed by atoms with Crippen LogP contribution in [0.4, 0.5) is 0 Å². The van der Waals surface area contributed by atoms with E-state index in [1.165, 1.54) is 0 Å². The highest BCUT2D eigenvalue weighted by atomic mass is 79.9. The number of imidazole rings is 1. The first-order valence-electron chi connectivity index (χ1n) is 6.28. The lowest BCUT2D eigenvalue weighted by molar-refractivity contribution is 0.413. The molecule has 1 N–H and O–H groups in total. The molecular formula is C14H19BrN4. The molecule has 0 unspecified atom stereocenters. The van der Waals surface area contributed by atoms with Crippen LogP contribution in [0.3, 0.4) is 0 Å². The van der Waals surface area contributed by atoms with Gasteiger partial charge >= 0.3 is 0 Å². The lowest BCUT2D eigenvalue weighted by Crippen LogP contribution is -2.36. The van der Waals surface area contributed by atoms with Crippen molar-refractivity contribution >= 4 is 15.9 Å². The number of hydrogen-bond acceptors (Lipinski definition) is 3. The first-order valence-corrected chi connectivity index (χ1v) is 7.08. The maximum Gasteiger partial charge on any atom is 0.122 e. The third-order valence-corrected chi connectivity index (χ3v) is 3.13. The summed E-state index contributed by atoms with van der Waals surface area (Å²) in [6, 6.07) is 2.08. The SMILES string of the molecule is CC(C)(C)NCc1nccn1Cc1cncc(Br)c1. The van der Waals surface area contributed by atoms with Crippen molar-refractivity contribution in [3.8, 4) is 0 Å². The minimum absolute atomic E-state index is 0.0914. The molecule has 0 aliphatic rings. The van der Waals surface area contributed by atoms with Crippen molar-refractivity contribution in [2.24, 2.45) is 0 Å². The van der Waals surface area contributed by atoms with E-state index in [1.54, 1.807) is 6.20 Å². The van der Waals surface area contributed by atoms with Gasteiger partial charge in [0.1, 0.15) is 5.82 Å². The van der Waals surface area contributed by atoms with Gasteiger partial charge in [0.05, 0.1) is 13.1 Å². The molecule has 0 radical (unpaired) electrons. The van der Waals surface area contributed by atoms with Gasteiger partial charge in [-0.25, -0.2) is 4.98 Å². The van der Waals surface area contributed by atoms with E-state index in [-0.39, 0.29) is 5.54 Å². The van der Waals surface area contributed by atoms with Crippen LogP contribution in [0.2, 0.25) is 0 Å². The zero-order chi connectivity index (χ0) is 13.9. The van der Waals surface area contributed by atoms with Crippen LogP contribution in [0.1, 0.15) is 32.2 Å². The summed E-state index contributed by atoms with van der Waals surface area (Å²) in [6.07, 6.45) is 7.51. The van der Waals surface area contributed by atoms with Gasteiger partial charge in [-0.2, -0.15) is 0 Å². The van der Waals surface area contributed by atoms with Crippen molar-refractivity contribution in [1.82, 2.24) is 19.9 Å². The highest BCUT2D eigenvalue weighted by Crippen LogP contribution is 2.12. The maximum atomic E-state index is 4.41. The van der Waals surface area contributed by atoms with Crippen molar-refractivity contribution in [2.75, 3.05) is 0 Å². The van der Waals surface area contributed by atoms with Crippen LogP contribution in [-0.2, 0) is 13.1 Å². The molecule has 0 amide bonds. The number of nitrogens with one attached hydrogen (secondary N) is 1. The Balaban J connectivity index is 2.07. The lowest BCUT2D eigenvalue weighted by atomic mass is 10.1. The first-order chi connectivity index (χ1) is 8.94. The van der Waals surface area contributed by atoms with Gasteiger partial charge in [-0.05, 0) is 48.3 Å². The maximum absolute atomic E-state index is 4.41. The van der Waals surface area contributed by atoms with Crippen LogP contribution in [0.15, 0.2) is 35.3 Å². The van der Waals surface area contributed by atoms with Gasteiger partial charge in [0.15, 0.2) is 0 Å². The van der Waals surface area contributed by atoms with Crippen LogP contribution in [0, 0.1) is 0 Å². The third kappa shape index (κ3) is 4.44. The molecule has 0 saturated carbocycles. The molecule has 2 aromatic heterocycles. The molecule has 4 nitrogen and oxygen atoms in total. The van der Waals surface area contributed by atoms with Gasteiger partial charge in [0.2, 0.25) is 0 Å². The zero-order valence-corrected chi connectivity index (χ0v) is 13.1. The summed E-state index contributed by atoms with van der Waals surface area (Å²) in [6.45, 7) is 8.00. The third-order valence-electron chi connectivity index (χ3n) is 2.69. The largest absolute Gasteiger partial charge is 0.329 e. The van der Waals surface area contributed by atoms with E-state index in [2.05, 4.69) is 62.6 Å². The second kappa shape index (κ2) is 5.84. The monoisotopic (exact) mass is 322 g/mol. The predicted octanol–water partition coefficient (Wildman–Crippen LogP) is 2.98. The molecule has 0 atom stereocenters. The Morgan fingerprint density at radius 3 is 2.79 bits per heavy atom. The lowest BCUT2D eigenvalue weighted by Gasteiger charge is -2.20. The fourth-order valence-electron chi connectivity index (χ4n) is 1.73. The van der Waals surface area contributed by atoms with Crippen LogP contribution in [0.5, 0.6) is 0 Å². The Morgan fingerprint density at radius 2 is 2.11 bits per heavy atom. The molecule has 19 heavy (non-hydrogen) atoms. The van der Waals surface area contributed by atoms with Gasteiger partial charge in [-0.15, -0.1) is 0 Å². The van der Waals surface area contributed by atoms with Gasteiger partial charge in [-0.3, -0.25) is 4.98 Å². The summed E-state index contributed by atoms with van der Waals surface area (Å²) in [5.41, 5.74) is 1.25. The molecule has 0 fully saturated rings. The number of hydrogen-bond donors (Lipinski definition) is 1. The molecular weight excluding hydrogens is 304 g/mol. The van der Waals surface area contributed by atoms with E-state index in [0.717, 1.165) is 29.0 Å². The minimum Gasteiger partial charge on any atom is -0.329 e. The van der Waals surface area contributed by atoms with Crippen LogP contribution < -0.4 is 5.32 Å². The molecule has 0 aliphatic heterocycles. The quantitative estimate of drug-likeness (QED) is 0.941. The predicted molar refractivity (Wildman–Crippen MR) is 79.9 cm³/mol.